The molecule has 23 heavy (non-hydrogen) atoms. The van der Waals surface area contributed by atoms with Gasteiger partial charge in [0.25, 0.3) is 5.69 Å². The van der Waals surface area contributed by atoms with Crippen molar-refractivity contribution < 1.29 is 13.3 Å². The SMILES string of the molecule is CCCN1CCC(Nc2ccc(S(C)(=O)=O)cc2[N+](=O)[O-])CC1. The number of hydrogen-bond donors (Lipinski definition) is 1. The van der Waals surface area contributed by atoms with Crippen LogP contribution in [0.25, 0.3) is 0 Å². The number of sulfone groups is 1. The summed E-state index contributed by atoms with van der Waals surface area (Å²) in [6, 6.07) is 4.21. The molecule has 1 saturated heterocycles. The fraction of sp³-hybridized carbons (Fsp3) is 0.600. The number of benzene rings is 1. The van der Waals surface area contributed by atoms with Gasteiger partial charge < -0.3 is 10.2 Å². The lowest BCUT2D eigenvalue weighted by molar-refractivity contribution is -0.384. The van der Waals surface area contributed by atoms with Crippen molar-refractivity contribution in [3.05, 3.63) is 28.3 Å². The fourth-order valence-corrected chi connectivity index (χ4v) is 3.49. The normalized spacial score (nSPS) is 17.1. The van der Waals surface area contributed by atoms with Crippen LogP contribution in [0.3, 0.4) is 0 Å². The van der Waals surface area contributed by atoms with Crippen LogP contribution < -0.4 is 5.32 Å². The first kappa shape index (κ1) is 17.7. The highest BCUT2D eigenvalue weighted by molar-refractivity contribution is 7.90. The van der Waals surface area contributed by atoms with Crippen molar-refractivity contribution in [3.63, 3.8) is 0 Å². The fourth-order valence-electron chi connectivity index (χ4n) is 2.85. The summed E-state index contributed by atoms with van der Waals surface area (Å²) in [5.41, 5.74) is 0.195. The van der Waals surface area contributed by atoms with Crippen LogP contribution in [0.1, 0.15) is 26.2 Å². The summed E-state index contributed by atoms with van der Waals surface area (Å²) >= 11 is 0. The van der Waals surface area contributed by atoms with Gasteiger partial charge in [-0.05, 0) is 37.9 Å². The Balaban J connectivity index is 2.13. The number of nitrogens with zero attached hydrogens (tertiary/aromatic N) is 2. The van der Waals surface area contributed by atoms with Crippen LogP contribution in [0.4, 0.5) is 11.4 Å². The highest BCUT2D eigenvalue weighted by atomic mass is 32.2. The molecule has 0 atom stereocenters. The van der Waals surface area contributed by atoms with Crippen LogP contribution in [-0.2, 0) is 9.84 Å². The first-order valence-electron chi connectivity index (χ1n) is 7.78. The molecular weight excluding hydrogens is 318 g/mol. The zero-order valence-electron chi connectivity index (χ0n) is 13.5. The van der Waals surface area contributed by atoms with E-state index in [-0.39, 0.29) is 16.6 Å². The van der Waals surface area contributed by atoms with Crippen molar-refractivity contribution in [1.29, 1.82) is 0 Å². The summed E-state index contributed by atoms with van der Waals surface area (Å²) in [5, 5.41) is 14.5. The highest BCUT2D eigenvalue weighted by Crippen LogP contribution is 2.29. The second-order valence-electron chi connectivity index (χ2n) is 5.97. The van der Waals surface area contributed by atoms with Gasteiger partial charge in [-0.2, -0.15) is 0 Å². The average molecular weight is 341 g/mol. The standard InChI is InChI=1S/C15H23N3O4S/c1-3-8-17-9-6-12(7-10-17)16-14-5-4-13(23(2,21)22)11-15(14)18(19)20/h4-5,11-12,16H,3,6-10H2,1-2H3. The molecule has 1 heterocycles. The number of nitro groups is 1. The maximum atomic E-state index is 11.6. The summed E-state index contributed by atoms with van der Waals surface area (Å²) in [7, 11) is -3.46. The van der Waals surface area contributed by atoms with E-state index in [2.05, 4.69) is 17.1 Å². The van der Waals surface area contributed by atoms with Crippen LogP contribution in [0.5, 0.6) is 0 Å². The minimum Gasteiger partial charge on any atom is -0.377 e. The first-order valence-corrected chi connectivity index (χ1v) is 9.67. The summed E-state index contributed by atoms with van der Waals surface area (Å²) in [6.07, 6.45) is 4.01. The molecule has 1 aromatic rings. The lowest BCUT2D eigenvalue weighted by Gasteiger charge is -2.32. The van der Waals surface area contributed by atoms with E-state index in [1.165, 1.54) is 12.1 Å². The summed E-state index contributed by atoms with van der Waals surface area (Å²) in [6.45, 7) is 5.18. The largest absolute Gasteiger partial charge is 0.377 e. The van der Waals surface area contributed by atoms with E-state index in [1.54, 1.807) is 0 Å². The van der Waals surface area contributed by atoms with E-state index >= 15 is 0 Å². The predicted octanol–water partition coefficient (Wildman–Crippen LogP) is 2.28. The van der Waals surface area contributed by atoms with Gasteiger partial charge in [-0.3, -0.25) is 10.1 Å². The zero-order valence-corrected chi connectivity index (χ0v) is 14.3. The maximum Gasteiger partial charge on any atom is 0.293 e. The molecule has 7 nitrogen and oxygen atoms in total. The van der Waals surface area contributed by atoms with Gasteiger partial charge >= 0.3 is 0 Å². The third kappa shape index (κ3) is 4.65. The van der Waals surface area contributed by atoms with Gasteiger partial charge in [0, 0.05) is 31.5 Å². The molecule has 0 unspecified atom stereocenters. The Morgan fingerprint density at radius 1 is 1.35 bits per heavy atom. The lowest BCUT2D eigenvalue weighted by atomic mass is 10.0. The molecule has 2 rings (SSSR count). The molecule has 1 N–H and O–H groups in total. The second-order valence-corrected chi connectivity index (χ2v) is 7.98. The molecule has 0 aromatic heterocycles. The number of hydrogen-bond acceptors (Lipinski definition) is 6. The molecular formula is C15H23N3O4S. The number of nitrogens with one attached hydrogen (secondary N) is 1. The molecule has 0 aliphatic carbocycles. The Morgan fingerprint density at radius 3 is 2.52 bits per heavy atom. The number of rotatable bonds is 6. The van der Waals surface area contributed by atoms with Gasteiger partial charge in [-0.25, -0.2) is 8.42 Å². The Morgan fingerprint density at radius 2 is 2.00 bits per heavy atom. The maximum absolute atomic E-state index is 11.6. The van der Waals surface area contributed by atoms with Gasteiger partial charge in [0.1, 0.15) is 5.69 Å². The number of anilines is 1. The Hall–Kier alpha value is -1.67. The molecule has 0 amide bonds. The Kier molecular flexibility index (Phi) is 5.59. The van der Waals surface area contributed by atoms with Crippen molar-refractivity contribution in [2.45, 2.75) is 37.1 Å². The minimum absolute atomic E-state index is 0.0347. The third-order valence-electron chi connectivity index (χ3n) is 4.08. The van der Waals surface area contributed by atoms with E-state index in [0.29, 0.717) is 5.69 Å². The second kappa shape index (κ2) is 7.27. The molecule has 0 radical (unpaired) electrons. The quantitative estimate of drug-likeness (QED) is 0.630. The average Bonchev–Trinajstić information content (AvgIpc) is 2.48. The molecule has 128 valence electrons. The van der Waals surface area contributed by atoms with Crippen LogP contribution in [-0.4, -0.2) is 50.2 Å². The number of likely N-dealkylation sites (tertiary alicyclic amines) is 1. The Labute approximate surface area is 136 Å². The van der Waals surface area contributed by atoms with Gasteiger partial charge in [0.2, 0.25) is 0 Å². The molecule has 1 aliphatic rings. The zero-order chi connectivity index (χ0) is 17.0. The van der Waals surface area contributed by atoms with Crippen LogP contribution >= 0.6 is 0 Å². The molecule has 0 bridgehead atoms. The molecule has 1 fully saturated rings. The van der Waals surface area contributed by atoms with Crippen molar-refractivity contribution >= 4 is 21.2 Å². The van der Waals surface area contributed by atoms with E-state index in [1.807, 2.05) is 0 Å². The van der Waals surface area contributed by atoms with Crippen molar-refractivity contribution in [1.82, 2.24) is 4.90 Å². The number of piperidine rings is 1. The lowest BCUT2D eigenvalue weighted by Crippen LogP contribution is -2.39. The summed E-state index contributed by atoms with van der Waals surface area (Å²) < 4.78 is 23.1. The monoisotopic (exact) mass is 341 g/mol. The van der Waals surface area contributed by atoms with Crippen LogP contribution in [0.2, 0.25) is 0 Å². The van der Waals surface area contributed by atoms with Crippen molar-refractivity contribution in [2.75, 3.05) is 31.2 Å². The van der Waals surface area contributed by atoms with Gasteiger partial charge in [0.05, 0.1) is 9.82 Å². The molecule has 0 saturated carbocycles. The minimum atomic E-state index is -3.46. The molecule has 0 spiro atoms. The van der Waals surface area contributed by atoms with E-state index < -0.39 is 14.8 Å². The van der Waals surface area contributed by atoms with Crippen LogP contribution in [0.15, 0.2) is 23.1 Å². The Bertz CT molecular complexity index is 667. The molecule has 1 aromatic carbocycles. The van der Waals surface area contributed by atoms with E-state index in [0.717, 1.165) is 51.2 Å². The van der Waals surface area contributed by atoms with E-state index in [4.69, 9.17) is 0 Å². The predicted molar refractivity (Wildman–Crippen MR) is 89.6 cm³/mol. The first-order chi connectivity index (χ1) is 10.8. The summed E-state index contributed by atoms with van der Waals surface area (Å²) in [4.78, 5) is 13.1. The van der Waals surface area contributed by atoms with E-state index in [9.17, 15) is 18.5 Å². The van der Waals surface area contributed by atoms with Gasteiger partial charge in [0.15, 0.2) is 9.84 Å². The van der Waals surface area contributed by atoms with Gasteiger partial charge in [-0.1, -0.05) is 6.92 Å². The molecule has 1 aliphatic heterocycles. The summed E-state index contributed by atoms with van der Waals surface area (Å²) in [5.74, 6) is 0. The smallest absolute Gasteiger partial charge is 0.293 e. The van der Waals surface area contributed by atoms with Crippen molar-refractivity contribution in [3.8, 4) is 0 Å². The third-order valence-corrected chi connectivity index (χ3v) is 5.19. The molecule has 8 heteroatoms. The van der Waals surface area contributed by atoms with Crippen molar-refractivity contribution in [2.24, 2.45) is 0 Å². The van der Waals surface area contributed by atoms with Crippen LogP contribution in [0, 0.1) is 10.1 Å². The number of nitro benzene ring substituents is 1. The van der Waals surface area contributed by atoms with Gasteiger partial charge in [-0.15, -0.1) is 0 Å². The topological polar surface area (TPSA) is 92.6 Å². The highest BCUT2D eigenvalue weighted by Gasteiger charge is 2.23.